The summed E-state index contributed by atoms with van der Waals surface area (Å²) in [6, 6.07) is 11.3. The van der Waals surface area contributed by atoms with E-state index in [0.717, 1.165) is 26.0 Å². The zero-order valence-corrected chi connectivity index (χ0v) is 24.8. The third kappa shape index (κ3) is 6.62. The van der Waals surface area contributed by atoms with E-state index in [1.807, 2.05) is 0 Å². The molecule has 0 spiro atoms. The number of aliphatic carboxylic acids is 1. The summed E-state index contributed by atoms with van der Waals surface area (Å²) < 4.78 is 36.0. The fourth-order valence-corrected chi connectivity index (χ4v) is 5.67. The number of aromatic hydroxyl groups is 1. The molecule has 42 heavy (non-hydrogen) atoms. The molecule has 2 aromatic carbocycles. The lowest BCUT2D eigenvalue weighted by Crippen LogP contribution is -2.38. The quantitative estimate of drug-likeness (QED) is 0.185. The van der Waals surface area contributed by atoms with Crippen LogP contribution < -0.4 is 4.74 Å². The van der Waals surface area contributed by atoms with E-state index >= 15 is 4.39 Å². The Balaban J connectivity index is 1.72. The van der Waals surface area contributed by atoms with Crippen LogP contribution in [0.1, 0.15) is 80.4 Å². The number of pyridine rings is 1. The number of carboxylic acid groups (broad SMARTS) is 1. The summed E-state index contributed by atoms with van der Waals surface area (Å²) in [6.45, 7) is 11.4. The number of esters is 1. The second-order valence-electron chi connectivity index (χ2n) is 11.9. The molecule has 7 nitrogen and oxygen atoms in total. The Bertz CT molecular complexity index is 1480. The number of ether oxygens (including phenoxy) is 1. The summed E-state index contributed by atoms with van der Waals surface area (Å²) in [5.74, 6) is -3.90. The molecular weight excluding hydrogens is 542 g/mol. The maximum atomic E-state index is 15.3. The smallest absolute Gasteiger partial charge is 0.343 e. The van der Waals surface area contributed by atoms with Gasteiger partial charge in [-0.25, -0.2) is 23.4 Å². The number of halogens is 2. The van der Waals surface area contributed by atoms with Crippen molar-refractivity contribution in [3.8, 4) is 22.8 Å². The Kier molecular flexibility index (Phi) is 9.01. The van der Waals surface area contributed by atoms with E-state index in [0.29, 0.717) is 28.8 Å². The summed E-state index contributed by atoms with van der Waals surface area (Å²) >= 11 is 0. The van der Waals surface area contributed by atoms with Crippen molar-refractivity contribution in [2.45, 2.75) is 84.6 Å². The Morgan fingerprint density at radius 3 is 2.36 bits per heavy atom. The summed E-state index contributed by atoms with van der Waals surface area (Å²) in [6.07, 6.45) is 2.42. The molecule has 1 saturated carbocycles. The van der Waals surface area contributed by atoms with Crippen LogP contribution in [0, 0.1) is 18.7 Å². The van der Waals surface area contributed by atoms with Gasteiger partial charge in [-0.05, 0) is 101 Å². The molecule has 0 aliphatic heterocycles. The lowest BCUT2D eigenvalue weighted by atomic mass is 9.81. The highest BCUT2D eigenvalue weighted by Crippen LogP contribution is 2.50. The molecule has 1 unspecified atom stereocenters. The zero-order valence-electron chi connectivity index (χ0n) is 24.8. The van der Waals surface area contributed by atoms with Crippen molar-refractivity contribution in [1.29, 1.82) is 0 Å². The van der Waals surface area contributed by atoms with Gasteiger partial charge in [0.15, 0.2) is 0 Å². The van der Waals surface area contributed by atoms with Gasteiger partial charge in [0.25, 0.3) is 0 Å². The highest BCUT2D eigenvalue weighted by molar-refractivity contribution is 5.94. The third-order valence-corrected chi connectivity index (χ3v) is 8.00. The van der Waals surface area contributed by atoms with Crippen molar-refractivity contribution in [1.82, 2.24) is 9.88 Å². The van der Waals surface area contributed by atoms with Gasteiger partial charge in [0.05, 0.1) is 11.8 Å². The Labute approximate surface area is 245 Å². The van der Waals surface area contributed by atoms with Crippen LogP contribution in [0.2, 0.25) is 0 Å². The number of carbonyl (C=O) groups excluding carboxylic acids is 1. The van der Waals surface area contributed by atoms with Crippen LogP contribution in [-0.2, 0) is 11.3 Å². The van der Waals surface area contributed by atoms with Crippen molar-refractivity contribution in [2.24, 2.45) is 5.92 Å². The molecular formula is C33H38F2N2O5. The molecule has 1 aliphatic rings. The molecule has 0 bridgehead atoms. The van der Waals surface area contributed by atoms with Crippen molar-refractivity contribution < 1.29 is 33.3 Å². The van der Waals surface area contributed by atoms with Gasteiger partial charge in [-0.1, -0.05) is 18.2 Å². The second-order valence-corrected chi connectivity index (χ2v) is 11.9. The minimum Gasteiger partial charge on any atom is -0.493 e. The lowest BCUT2D eigenvalue weighted by molar-refractivity contribution is -0.151. The van der Waals surface area contributed by atoms with E-state index in [1.54, 1.807) is 37.3 Å². The number of nitrogens with zero attached hydrogens (tertiary/aromatic N) is 2. The molecule has 1 heterocycles. The average molecular weight is 581 g/mol. The van der Waals surface area contributed by atoms with E-state index in [9.17, 15) is 24.2 Å². The highest BCUT2D eigenvalue weighted by Gasteiger charge is 2.50. The van der Waals surface area contributed by atoms with Crippen molar-refractivity contribution in [2.75, 3.05) is 0 Å². The van der Waals surface area contributed by atoms with Gasteiger partial charge < -0.3 is 14.9 Å². The number of carbonyl (C=O) groups is 2. The van der Waals surface area contributed by atoms with Gasteiger partial charge in [-0.15, -0.1) is 0 Å². The standard InChI is InChI=1S/C33H38F2N2O5/c1-18(2)37(19(3)4)17-23-14-25(20(5)12-26(23)27-15-29(38)36-16-28(27)34)31(39)42-24-9-7-8-22(13-24)30(21-10-11-21)33(6,35)32(40)41/h7-9,12-16,18-19,21,30H,10-11,17H2,1-6H3,(H,36,38)(H,40,41)/t30-,33?/m0/s1. The minimum atomic E-state index is -2.47. The molecule has 2 N–H and O–H groups in total. The summed E-state index contributed by atoms with van der Waals surface area (Å²) in [5, 5.41) is 19.5. The summed E-state index contributed by atoms with van der Waals surface area (Å²) in [7, 11) is 0. The SMILES string of the molecule is Cc1cc(-c2cc(O)ncc2F)c(CN(C(C)C)C(C)C)cc1C(=O)Oc1cccc([C@H](C2CC2)C(C)(F)C(=O)O)c1. The van der Waals surface area contributed by atoms with E-state index in [4.69, 9.17) is 4.74 Å². The first kappa shape index (κ1) is 31.1. The Hall–Kier alpha value is -3.85. The average Bonchev–Trinajstić information content (AvgIpc) is 3.73. The number of rotatable bonds is 11. The van der Waals surface area contributed by atoms with Crippen molar-refractivity contribution in [3.05, 3.63) is 76.7 Å². The first-order valence-corrected chi connectivity index (χ1v) is 14.2. The predicted molar refractivity (Wildman–Crippen MR) is 156 cm³/mol. The predicted octanol–water partition coefficient (Wildman–Crippen LogP) is 7.05. The van der Waals surface area contributed by atoms with Crippen LogP contribution >= 0.6 is 0 Å². The fraction of sp³-hybridized carbons (Fsp3) is 0.424. The molecule has 1 aliphatic carbocycles. The van der Waals surface area contributed by atoms with Gasteiger partial charge in [0, 0.05) is 36.2 Å². The van der Waals surface area contributed by atoms with E-state index in [-0.39, 0.29) is 40.8 Å². The van der Waals surface area contributed by atoms with Crippen LogP contribution in [0.3, 0.4) is 0 Å². The molecule has 1 aromatic heterocycles. The normalized spacial score (nSPS) is 15.6. The van der Waals surface area contributed by atoms with Gasteiger partial charge in [-0.3, -0.25) is 4.90 Å². The van der Waals surface area contributed by atoms with Crippen LogP contribution in [0.25, 0.3) is 11.1 Å². The minimum absolute atomic E-state index is 0.0997. The fourth-order valence-electron chi connectivity index (χ4n) is 5.67. The topological polar surface area (TPSA) is 100.0 Å². The van der Waals surface area contributed by atoms with Crippen LogP contribution in [0.5, 0.6) is 11.6 Å². The highest BCUT2D eigenvalue weighted by atomic mass is 19.1. The Morgan fingerprint density at radius 2 is 1.76 bits per heavy atom. The molecule has 2 atom stereocenters. The monoisotopic (exact) mass is 580 g/mol. The number of aryl methyl sites for hydroxylation is 1. The molecule has 0 radical (unpaired) electrons. The lowest BCUT2D eigenvalue weighted by Gasteiger charge is -2.31. The van der Waals surface area contributed by atoms with E-state index in [2.05, 4.69) is 37.6 Å². The van der Waals surface area contributed by atoms with Crippen LogP contribution in [-0.4, -0.2) is 49.8 Å². The summed E-state index contributed by atoms with van der Waals surface area (Å²) in [5.41, 5.74) is 0.141. The maximum absolute atomic E-state index is 15.3. The molecule has 9 heteroatoms. The van der Waals surface area contributed by atoms with Crippen LogP contribution in [0.15, 0.2) is 48.7 Å². The van der Waals surface area contributed by atoms with Gasteiger partial charge in [0.1, 0.15) is 11.6 Å². The van der Waals surface area contributed by atoms with Crippen LogP contribution in [0.4, 0.5) is 8.78 Å². The molecule has 0 amide bonds. The summed E-state index contributed by atoms with van der Waals surface area (Å²) in [4.78, 5) is 31.0. The number of benzene rings is 2. The Morgan fingerprint density at radius 1 is 1.10 bits per heavy atom. The van der Waals surface area contributed by atoms with E-state index < -0.39 is 29.3 Å². The third-order valence-electron chi connectivity index (χ3n) is 8.00. The van der Waals surface area contributed by atoms with Gasteiger partial charge in [-0.2, -0.15) is 0 Å². The molecule has 224 valence electrons. The molecule has 4 rings (SSSR count). The van der Waals surface area contributed by atoms with Gasteiger partial charge >= 0.3 is 11.9 Å². The maximum Gasteiger partial charge on any atom is 0.343 e. The van der Waals surface area contributed by atoms with Crippen molar-refractivity contribution in [3.63, 3.8) is 0 Å². The zero-order chi connectivity index (χ0) is 30.9. The number of hydrogen-bond acceptors (Lipinski definition) is 6. The first-order valence-electron chi connectivity index (χ1n) is 14.2. The second kappa shape index (κ2) is 12.2. The number of aromatic nitrogens is 1. The number of carboxylic acids is 1. The van der Waals surface area contributed by atoms with Crippen molar-refractivity contribution >= 4 is 11.9 Å². The molecule has 3 aromatic rings. The largest absolute Gasteiger partial charge is 0.493 e. The molecule has 0 saturated heterocycles. The first-order chi connectivity index (χ1) is 19.7. The number of hydrogen-bond donors (Lipinski definition) is 2. The number of alkyl halides is 1. The van der Waals surface area contributed by atoms with E-state index in [1.165, 1.54) is 12.1 Å². The molecule has 1 fully saturated rings. The van der Waals surface area contributed by atoms with Gasteiger partial charge in [0.2, 0.25) is 11.5 Å².